The summed E-state index contributed by atoms with van der Waals surface area (Å²) in [5.74, 6) is 1.47. The van der Waals surface area contributed by atoms with Crippen molar-refractivity contribution in [2.45, 2.75) is 26.9 Å². The summed E-state index contributed by atoms with van der Waals surface area (Å²) in [5, 5.41) is 6.51. The topological polar surface area (TPSA) is 62.6 Å². The molecule has 124 valence electrons. The van der Waals surface area contributed by atoms with E-state index in [0.717, 1.165) is 28.8 Å². The molecule has 1 N–H and O–H groups in total. The maximum absolute atomic E-state index is 5.42. The number of nitrogens with zero attached hydrogens (tertiary/aromatic N) is 4. The van der Waals surface area contributed by atoms with Crippen LogP contribution in [0, 0.1) is 6.92 Å². The first kappa shape index (κ1) is 17.2. The van der Waals surface area contributed by atoms with E-state index < -0.39 is 0 Å². The SMILES string of the molecule is CCOc1cc(CNC(=NC)N(C)Cc2csc(C)n2)ccn1. The zero-order valence-corrected chi connectivity index (χ0v) is 14.9. The number of aryl methyl sites for hydroxylation is 1. The summed E-state index contributed by atoms with van der Waals surface area (Å²) in [5.41, 5.74) is 2.16. The van der Waals surface area contributed by atoms with Crippen molar-refractivity contribution in [3.63, 3.8) is 0 Å². The van der Waals surface area contributed by atoms with Gasteiger partial charge in [0.2, 0.25) is 5.88 Å². The standard InChI is InChI=1S/C16H23N5OS/c1-5-22-15-8-13(6-7-18-15)9-19-16(17-3)21(4)10-14-11-23-12(2)20-14/h6-8,11H,5,9-10H2,1-4H3,(H,17,19). The molecule has 0 aliphatic rings. The van der Waals surface area contributed by atoms with Crippen molar-refractivity contribution in [1.29, 1.82) is 0 Å². The van der Waals surface area contributed by atoms with Crippen molar-refractivity contribution in [2.24, 2.45) is 4.99 Å². The maximum atomic E-state index is 5.42. The van der Waals surface area contributed by atoms with Crippen LogP contribution in [0.5, 0.6) is 5.88 Å². The van der Waals surface area contributed by atoms with Gasteiger partial charge >= 0.3 is 0 Å². The molecule has 2 aromatic rings. The van der Waals surface area contributed by atoms with Gasteiger partial charge in [-0.3, -0.25) is 4.99 Å². The van der Waals surface area contributed by atoms with Crippen molar-refractivity contribution >= 4 is 17.3 Å². The number of guanidine groups is 1. The lowest BCUT2D eigenvalue weighted by Crippen LogP contribution is -2.38. The highest BCUT2D eigenvalue weighted by Crippen LogP contribution is 2.11. The van der Waals surface area contributed by atoms with Crippen LogP contribution in [0.4, 0.5) is 0 Å². The number of rotatable bonds is 6. The molecule has 0 aliphatic heterocycles. The number of hydrogen-bond donors (Lipinski definition) is 1. The fraction of sp³-hybridized carbons (Fsp3) is 0.438. The molecule has 0 atom stereocenters. The Hall–Kier alpha value is -2.15. The molecular weight excluding hydrogens is 310 g/mol. The first-order valence-corrected chi connectivity index (χ1v) is 8.40. The van der Waals surface area contributed by atoms with Gasteiger partial charge in [-0.2, -0.15) is 0 Å². The van der Waals surface area contributed by atoms with Crippen LogP contribution in [-0.2, 0) is 13.1 Å². The molecule has 0 aromatic carbocycles. The second-order valence-corrected chi connectivity index (χ2v) is 6.11. The Balaban J connectivity index is 1.93. The zero-order chi connectivity index (χ0) is 16.7. The normalized spacial score (nSPS) is 11.4. The van der Waals surface area contributed by atoms with E-state index in [-0.39, 0.29) is 0 Å². The molecule has 0 spiro atoms. The number of thiazole rings is 1. The molecule has 0 aliphatic carbocycles. The average molecular weight is 333 g/mol. The van der Waals surface area contributed by atoms with E-state index in [1.54, 1.807) is 24.6 Å². The number of nitrogens with one attached hydrogen (secondary N) is 1. The van der Waals surface area contributed by atoms with E-state index in [9.17, 15) is 0 Å². The Morgan fingerprint density at radius 1 is 1.48 bits per heavy atom. The lowest BCUT2D eigenvalue weighted by molar-refractivity contribution is 0.326. The largest absolute Gasteiger partial charge is 0.478 e. The number of hydrogen-bond acceptors (Lipinski definition) is 5. The summed E-state index contributed by atoms with van der Waals surface area (Å²) in [6.07, 6.45) is 1.76. The number of aliphatic imine (C=N–C) groups is 1. The summed E-state index contributed by atoms with van der Waals surface area (Å²) in [6.45, 7) is 5.96. The quantitative estimate of drug-likeness (QED) is 0.650. The smallest absolute Gasteiger partial charge is 0.213 e. The van der Waals surface area contributed by atoms with E-state index in [4.69, 9.17) is 4.74 Å². The number of pyridine rings is 1. The van der Waals surface area contributed by atoms with Gasteiger partial charge in [-0.05, 0) is 25.5 Å². The summed E-state index contributed by atoms with van der Waals surface area (Å²) < 4.78 is 5.42. The third-order valence-corrected chi connectivity index (χ3v) is 4.00. The summed E-state index contributed by atoms with van der Waals surface area (Å²) in [4.78, 5) is 15.0. The summed E-state index contributed by atoms with van der Waals surface area (Å²) >= 11 is 1.66. The number of ether oxygens (including phenoxy) is 1. The van der Waals surface area contributed by atoms with Gasteiger partial charge in [-0.1, -0.05) is 0 Å². The minimum absolute atomic E-state index is 0.612. The van der Waals surface area contributed by atoms with Crippen LogP contribution in [0.15, 0.2) is 28.7 Å². The summed E-state index contributed by atoms with van der Waals surface area (Å²) in [7, 11) is 3.78. The van der Waals surface area contributed by atoms with Gasteiger partial charge in [0.1, 0.15) is 0 Å². The minimum Gasteiger partial charge on any atom is -0.478 e. The molecule has 0 bridgehead atoms. The molecule has 6 nitrogen and oxygen atoms in total. The molecule has 0 saturated heterocycles. The Labute approximate surface area is 141 Å². The van der Waals surface area contributed by atoms with Crippen LogP contribution in [-0.4, -0.2) is 41.5 Å². The van der Waals surface area contributed by atoms with Gasteiger partial charge in [0.25, 0.3) is 0 Å². The fourth-order valence-electron chi connectivity index (χ4n) is 2.15. The molecule has 0 unspecified atom stereocenters. The highest BCUT2D eigenvalue weighted by Gasteiger charge is 2.09. The average Bonchev–Trinajstić information content (AvgIpc) is 2.93. The van der Waals surface area contributed by atoms with E-state index in [1.165, 1.54) is 0 Å². The lowest BCUT2D eigenvalue weighted by Gasteiger charge is -2.21. The van der Waals surface area contributed by atoms with Gasteiger partial charge < -0.3 is 15.0 Å². The van der Waals surface area contributed by atoms with Crippen LogP contribution in [0.2, 0.25) is 0 Å². The first-order chi connectivity index (χ1) is 11.1. The highest BCUT2D eigenvalue weighted by molar-refractivity contribution is 7.09. The molecule has 0 saturated carbocycles. The van der Waals surface area contributed by atoms with E-state index in [0.29, 0.717) is 19.0 Å². The summed E-state index contributed by atoms with van der Waals surface area (Å²) in [6, 6.07) is 3.90. The van der Waals surface area contributed by atoms with Crippen molar-refractivity contribution in [2.75, 3.05) is 20.7 Å². The van der Waals surface area contributed by atoms with Crippen molar-refractivity contribution in [1.82, 2.24) is 20.2 Å². The lowest BCUT2D eigenvalue weighted by atomic mass is 10.2. The predicted octanol–water partition coefficient (Wildman–Crippen LogP) is 2.45. The Bertz CT molecular complexity index is 655. The fourth-order valence-corrected chi connectivity index (χ4v) is 2.76. The molecule has 7 heteroatoms. The predicted molar refractivity (Wildman–Crippen MR) is 93.9 cm³/mol. The van der Waals surface area contributed by atoms with Gasteiger partial charge in [-0.15, -0.1) is 11.3 Å². The zero-order valence-electron chi connectivity index (χ0n) is 14.0. The minimum atomic E-state index is 0.612. The van der Waals surface area contributed by atoms with Gasteiger partial charge in [0.15, 0.2) is 5.96 Å². The Kier molecular flexibility index (Phi) is 6.34. The van der Waals surface area contributed by atoms with Crippen LogP contribution in [0.3, 0.4) is 0 Å². The molecule has 23 heavy (non-hydrogen) atoms. The number of aromatic nitrogens is 2. The molecule has 2 rings (SSSR count). The maximum Gasteiger partial charge on any atom is 0.213 e. The van der Waals surface area contributed by atoms with Crippen LogP contribution in [0.25, 0.3) is 0 Å². The van der Waals surface area contributed by atoms with Crippen LogP contribution in [0.1, 0.15) is 23.2 Å². The second kappa shape index (κ2) is 8.47. The van der Waals surface area contributed by atoms with Gasteiger partial charge in [-0.25, -0.2) is 9.97 Å². The first-order valence-electron chi connectivity index (χ1n) is 7.53. The van der Waals surface area contributed by atoms with Crippen LogP contribution >= 0.6 is 11.3 Å². The van der Waals surface area contributed by atoms with Crippen molar-refractivity contribution in [3.05, 3.63) is 40.0 Å². The van der Waals surface area contributed by atoms with Crippen molar-refractivity contribution in [3.8, 4) is 5.88 Å². The highest BCUT2D eigenvalue weighted by atomic mass is 32.1. The van der Waals surface area contributed by atoms with E-state index in [2.05, 4.69) is 30.6 Å². The molecule has 0 amide bonds. The monoisotopic (exact) mass is 333 g/mol. The third kappa shape index (κ3) is 5.21. The van der Waals surface area contributed by atoms with Crippen LogP contribution < -0.4 is 10.1 Å². The molecule has 2 aromatic heterocycles. The molecule has 2 heterocycles. The van der Waals surface area contributed by atoms with Crippen molar-refractivity contribution < 1.29 is 4.74 Å². The third-order valence-electron chi connectivity index (χ3n) is 3.18. The second-order valence-electron chi connectivity index (χ2n) is 5.05. The molecule has 0 fully saturated rings. The van der Waals surface area contributed by atoms with Gasteiger partial charge in [0, 0.05) is 38.3 Å². The van der Waals surface area contributed by atoms with E-state index >= 15 is 0 Å². The van der Waals surface area contributed by atoms with Gasteiger partial charge in [0.05, 0.1) is 23.9 Å². The molecule has 0 radical (unpaired) electrons. The Morgan fingerprint density at radius 3 is 2.96 bits per heavy atom. The van der Waals surface area contributed by atoms with E-state index in [1.807, 2.05) is 33.0 Å². The molecular formula is C16H23N5OS. The Morgan fingerprint density at radius 2 is 2.30 bits per heavy atom.